The molecule has 0 aromatic rings. The Morgan fingerprint density at radius 2 is 2.17 bits per heavy atom. The SMILES string of the molecule is C=C1CCC2C3(O)C=CC(O)C(C)(C=O)C3C(C(=O)O)C2(CC)C1. The fraction of sp³-hybridized carbons (Fsp3) is 0.684. The number of aliphatic carboxylic acids is 1. The standard InChI is InChI=1S/C19H26O5/c1-4-18-9-11(2)5-6-12(18)19(24)8-7-13(21)17(3,10-20)15(19)14(18)16(22)23/h7-8,10,12-15,21,24H,2,4-6,9H2,1,3H3,(H,22,23). The van der Waals surface area contributed by atoms with Gasteiger partial charge in [0.25, 0.3) is 0 Å². The molecule has 3 rings (SSSR count). The van der Waals surface area contributed by atoms with Crippen molar-refractivity contribution in [3.8, 4) is 0 Å². The van der Waals surface area contributed by atoms with Gasteiger partial charge >= 0.3 is 5.97 Å². The second-order valence-corrected chi connectivity index (χ2v) is 8.07. The van der Waals surface area contributed by atoms with E-state index in [0.717, 1.165) is 12.0 Å². The lowest BCUT2D eigenvalue weighted by Gasteiger charge is -2.47. The summed E-state index contributed by atoms with van der Waals surface area (Å²) in [5.74, 6) is -3.01. The third-order valence-corrected chi connectivity index (χ3v) is 7.10. The van der Waals surface area contributed by atoms with E-state index in [9.17, 15) is 24.9 Å². The van der Waals surface area contributed by atoms with Crippen LogP contribution in [0.1, 0.15) is 39.5 Å². The van der Waals surface area contributed by atoms with Crippen LogP contribution in [0.4, 0.5) is 0 Å². The number of hydrogen-bond donors (Lipinski definition) is 3. The highest BCUT2D eigenvalue weighted by Crippen LogP contribution is 2.69. The van der Waals surface area contributed by atoms with Gasteiger partial charge in [-0.2, -0.15) is 0 Å². The number of aliphatic hydroxyl groups is 2. The molecule has 5 heteroatoms. The number of carbonyl (C=O) groups is 2. The van der Waals surface area contributed by atoms with Crippen LogP contribution in [0.25, 0.3) is 0 Å². The molecule has 0 amide bonds. The molecule has 2 saturated carbocycles. The molecule has 3 aliphatic rings. The van der Waals surface area contributed by atoms with Gasteiger partial charge in [-0.1, -0.05) is 31.2 Å². The van der Waals surface area contributed by atoms with Crippen LogP contribution < -0.4 is 0 Å². The van der Waals surface area contributed by atoms with E-state index in [-0.39, 0.29) is 5.92 Å². The Hall–Kier alpha value is -1.46. The van der Waals surface area contributed by atoms with E-state index < -0.39 is 40.3 Å². The first kappa shape index (κ1) is 17.4. The van der Waals surface area contributed by atoms with E-state index in [1.165, 1.54) is 6.08 Å². The van der Waals surface area contributed by atoms with Crippen molar-refractivity contribution in [3.63, 3.8) is 0 Å². The summed E-state index contributed by atoms with van der Waals surface area (Å²) in [6.07, 6.45) is 5.08. The molecule has 132 valence electrons. The number of rotatable bonds is 3. The second kappa shape index (κ2) is 5.27. The maximum absolute atomic E-state index is 12.3. The summed E-state index contributed by atoms with van der Waals surface area (Å²) in [4.78, 5) is 24.2. The minimum Gasteiger partial charge on any atom is -0.481 e. The molecule has 3 N–H and O–H groups in total. The third-order valence-electron chi connectivity index (χ3n) is 7.10. The topological polar surface area (TPSA) is 94.8 Å². The number of fused-ring (bicyclic) bond motifs is 3. The Kier molecular flexibility index (Phi) is 3.81. The summed E-state index contributed by atoms with van der Waals surface area (Å²) in [5, 5.41) is 32.0. The average molecular weight is 334 g/mol. The van der Waals surface area contributed by atoms with Crippen LogP contribution in [-0.2, 0) is 9.59 Å². The molecule has 7 unspecified atom stereocenters. The molecule has 0 radical (unpaired) electrons. The molecule has 2 fully saturated rings. The Labute approximate surface area is 142 Å². The van der Waals surface area contributed by atoms with Gasteiger partial charge in [0.05, 0.1) is 23.0 Å². The number of allylic oxidation sites excluding steroid dienone is 1. The van der Waals surface area contributed by atoms with Gasteiger partial charge in [-0.3, -0.25) is 4.79 Å². The van der Waals surface area contributed by atoms with Crippen LogP contribution in [0.2, 0.25) is 0 Å². The van der Waals surface area contributed by atoms with Crippen LogP contribution in [0.5, 0.6) is 0 Å². The molecule has 0 aromatic heterocycles. The molecule has 0 spiro atoms. The number of carbonyl (C=O) groups excluding carboxylic acids is 1. The third kappa shape index (κ3) is 1.88. The first-order valence-corrected chi connectivity index (χ1v) is 8.63. The zero-order chi connectivity index (χ0) is 17.9. The van der Waals surface area contributed by atoms with E-state index in [1.807, 2.05) is 6.92 Å². The zero-order valence-corrected chi connectivity index (χ0v) is 14.2. The predicted molar refractivity (Wildman–Crippen MR) is 88.1 cm³/mol. The Balaban J connectivity index is 2.28. The average Bonchev–Trinajstić information content (AvgIpc) is 2.78. The second-order valence-electron chi connectivity index (χ2n) is 8.07. The zero-order valence-electron chi connectivity index (χ0n) is 14.2. The number of hydrogen-bond acceptors (Lipinski definition) is 4. The van der Waals surface area contributed by atoms with Gasteiger partial charge in [0.15, 0.2) is 0 Å². The van der Waals surface area contributed by atoms with Crippen molar-refractivity contribution in [3.05, 3.63) is 24.3 Å². The van der Waals surface area contributed by atoms with E-state index >= 15 is 0 Å². The van der Waals surface area contributed by atoms with Crippen LogP contribution in [0.15, 0.2) is 24.3 Å². The minimum absolute atomic E-state index is 0.255. The summed E-state index contributed by atoms with van der Waals surface area (Å²) in [5.41, 5.74) is -2.36. The van der Waals surface area contributed by atoms with E-state index in [2.05, 4.69) is 6.58 Å². The van der Waals surface area contributed by atoms with Crippen molar-refractivity contribution in [2.45, 2.75) is 51.2 Å². The van der Waals surface area contributed by atoms with Gasteiger partial charge < -0.3 is 20.1 Å². The smallest absolute Gasteiger partial charge is 0.307 e. The van der Waals surface area contributed by atoms with E-state index in [0.29, 0.717) is 25.5 Å². The van der Waals surface area contributed by atoms with Crippen molar-refractivity contribution in [2.75, 3.05) is 0 Å². The molecule has 5 nitrogen and oxygen atoms in total. The van der Waals surface area contributed by atoms with Crippen molar-refractivity contribution < 1.29 is 24.9 Å². The molecule has 0 bridgehead atoms. The van der Waals surface area contributed by atoms with E-state index in [4.69, 9.17) is 0 Å². The van der Waals surface area contributed by atoms with Gasteiger partial charge in [0, 0.05) is 5.92 Å². The van der Waals surface area contributed by atoms with Gasteiger partial charge in [-0.25, -0.2) is 0 Å². The molecule has 0 aliphatic heterocycles. The molecule has 3 aliphatic carbocycles. The summed E-state index contributed by atoms with van der Waals surface area (Å²) >= 11 is 0. The minimum atomic E-state index is -1.39. The molecule has 7 atom stereocenters. The van der Waals surface area contributed by atoms with Gasteiger partial charge in [0.1, 0.15) is 6.29 Å². The monoisotopic (exact) mass is 334 g/mol. The number of carboxylic acids is 1. The Morgan fingerprint density at radius 3 is 2.71 bits per heavy atom. The van der Waals surface area contributed by atoms with Gasteiger partial charge in [-0.15, -0.1) is 0 Å². The molecular weight excluding hydrogens is 308 g/mol. The summed E-state index contributed by atoms with van der Waals surface area (Å²) in [6.45, 7) is 7.57. The van der Waals surface area contributed by atoms with Gasteiger partial charge in [-0.05, 0) is 43.9 Å². The maximum Gasteiger partial charge on any atom is 0.307 e. The van der Waals surface area contributed by atoms with E-state index in [1.54, 1.807) is 13.0 Å². The largest absolute Gasteiger partial charge is 0.481 e. The molecule has 0 saturated heterocycles. The first-order valence-electron chi connectivity index (χ1n) is 8.63. The fourth-order valence-corrected chi connectivity index (χ4v) is 5.98. The number of carboxylic acid groups (broad SMARTS) is 1. The lowest BCUT2D eigenvalue weighted by atomic mass is 9.59. The Bertz CT molecular complexity index is 625. The van der Waals surface area contributed by atoms with Crippen molar-refractivity contribution in [1.29, 1.82) is 0 Å². The van der Waals surface area contributed by atoms with Crippen molar-refractivity contribution in [2.24, 2.45) is 28.6 Å². The Morgan fingerprint density at radius 1 is 1.50 bits per heavy atom. The molecular formula is C19H26O5. The van der Waals surface area contributed by atoms with Crippen LogP contribution in [0, 0.1) is 28.6 Å². The van der Waals surface area contributed by atoms with Gasteiger partial charge in [0.2, 0.25) is 0 Å². The summed E-state index contributed by atoms with van der Waals surface area (Å²) in [6, 6.07) is 0. The summed E-state index contributed by atoms with van der Waals surface area (Å²) < 4.78 is 0. The lowest BCUT2D eigenvalue weighted by Crippen LogP contribution is -2.56. The summed E-state index contributed by atoms with van der Waals surface area (Å²) in [7, 11) is 0. The highest BCUT2D eigenvalue weighted by molar-refractivity contribution is 5.76. The van der Waals surface area contributed by atoms with Crippen molar-refractivity contribution in [1.82, 2.24) is 0 Å². The lowest BCUT2D eigenvalue weighted by molar-refractivity contribution is -0.157. The van der Waals surface area contributed by atoms with Crippen LogP contribution in [-0.4, -0.2) is 39.3 Å². The number of aliphatic hydroxyl groups excluding tert-OH is 1. The highest BCUT2D eigenvalue weighted by Gasteiger charge is 2.73. The van der Waals surface area contributed by atoms with Crippen LogP contribution >= 0.6 is 0 Å². The van der Waals surface area contributed by atoms with Crippen molar-refractivity contribution >= 4 is 12.3 Å². The fourth-order valence-electron chi connectivity index (χ4n) is 5.98. The predicted octanol–water partition coefficient (Wildman–Crippen LogP) is 1.94. The maximum atomic E-state index is 12.3. The number of aldehydes is 1. The highest BCUT2D eigenvalue weighted by atomic mass is 16.4. The normalized spacial score (nSPS) is 50.2. The molecule has 0 heterocycles. The molecule has 0 aromatic carbocycles. The first-order chi connectivity index (χ1) is 11.2. The van der Waals surface area contributed by atoms with Crippen LogP contribution in [0.3, 0.4) is 0 Å². The quantitative estimate of drug-likeness (QED) is 0.541. The molecule has 24 heavy (non-hydrogen) atoms.